The van der Waals surface area contributed by atoms with E-state index in [4.69, 9.17) is 4.74 Å². The Hall–Kier alpha value is -2.91. The van der Waals surface area contributed by atoms with Crippen LogP contribution in [0.25, 0.3) is 0 Å². The maximum absolute atomic E-state index is 12.3. The maximum atomic E-state index is 12.3. The lowest BCUT2D eigenvalue weighted by atomic mass is 10.2. The van der Waals surface area contributed by atoms with E-state index in [-0.39, 0.29) is 10.8 Å². The number of nitrogens with zero attached hydrogens (tertiary/aromatic N) is 1. The van der Waals surface area contributed by atoms with Crippen LogP contribution in [-0.2, 0) is 16.4 Å². The maximum Gasteiger partial charge on any atom is 0.271 e. The summed E-state index contributed by atoms with van der Waals surface area (Å²) in [5.74, 6) is 0.452. The van der Waals surface area contributed by atoms with Gasteiger partial charge in [-0.05, 0) is 42.0 Å². The molecule has 2 aromatic carbocycles. The topological polar surface area (TPSA) is 97.4 Å². The number of rotatable bonds is 7. The minimum absolute atomic E-state index is 0.245. The number of nitrogens with one attached hydrogen (secondary N) is 2. The van der Waals surface area contributed by atoms with E-state index in [0.717, 1.165) is 17.6 Å². The van der Waals surface area contributed by atoms with Crippen molar-refractivity contribution in [3.8, 4) is 5.75 Å². The fourth-order valence-corrected chi connectivity index (χ4v) is 3.74. The van der Waals surface area contributed by atoms with Crippen LogP contribution in [-0.4, -0.2) is 32.7 Å². The van der Waals surface area contributed by atoms with Gasteiger partial charge in [-0.2, -0.15) is 0 Å². The molecule has 0 aliphatic carbocycles. The third-order valence-electron chi connectivity index (χ3n) is 3.86. The largest absolute Gasteiger partial charge is 0.497 e. The average Bonchev–Trinajstić information content (AvgIpc) is 3.14. The lowest BCUT2D eigenvalue weighted by Gasteiger charge is -2.06. The van der Waals surface area contributed by atoms with E-state index in [1.54, 1.807) is 24.6 Å². The second-order valence-electron chi connectivity index (χ2n) is 5.99. The van der Waals surface area contributed by atoms with Crippen LogP contribution in [0.5, 0.6) is 5.75 Å². The summed E-state index contributed by atoms with van der Waals surface area (Å²) in [5, 5.41) is 8.09. The zero-order chi connectivity index (χ0) is 20.1. The Morgan fingerprint density at radius 3 is 2.61 bits per heavy atom. The fraction of sp³-hybridized carbons (Fsp3) is 0.158. The highest BCUT2D eigenvalue weighted by Crippen LogP contribution is 2.22. The number of amides is 1. The molecule has 28 heavy (non-hydrogen) atoms. The molecule has 9 heteroatoms. The molecule has 0 unspecified atom stereocenters. The molecule has 2 N–H and O–H groups in total. The van der Waals surface area contributed by atoms with Crippen molar-refractivity contribution < 1.29 is 17.9 Å². The third kappa shape index (κ3) is 5.08. The molecular weight excluding hydrogens is 398 g/mol. The highest BCUT2D eigenvalue weighted by atomic mass is 32.2. The van der Waals surface area contributed by atoms with Gasteiger partial charge in [0, 0.05) is 23.9 Å². The molecule has 1 amide bonds. The number of ether oxygens (including phenoxy) is 1. The molecule has 1 aromatic heterocycles. The molecule has 1 heterocycles. The van der Waals surface area contributed by atoms with Gasteiger partial charge < -0.3 is 15.4 Å². The van der Waals surface area contributed by atoms with Gasteiger partial charge >= 0.3 is 0 Å². The first-order valence-electron chi connectivity index (χ1n) is 8.29. The Bertz CT molecular complexity index is 1080. The Morgan fingerprint density at radius 2 is 1.93 bits per heavy atom. The van der Waals surface area contributed by atoms with Gasteiger partial charge in [0.15, 0.2) is 15.0 Å². The van der Waals surface area contributed by atoms with Crippen molar-refractivity contribution >= 4 is 37.9 Å². The SMILES string of the molecule is COc1cccc(CNC(=O)c2csc(Nc3ccc(S(C)(=O)=O)cc3)n2)c1. The predicted molar refractivity (Wildman–Crippen MR) is 109 cm³/mol. The van der Waals surface area contributed by atoms with Crippen molar-refractivity contribution in [2.75, 3.05) is 18.7 Å². The number of carbonyl (C=O) groups excluding carboxylic acids is 1. The molecular formula is C19H19N3O4S2. The lowest BCUT2D eigenvalue weighted by molar-refractivity contribution is 0.0946. The standard InChI is InChI=1S/C19H19N3O4S2/c1-26-15-5-3-4-13(10-15)11-20-18(23)17-12-27-19(22-17)21-14-6-8-16(9-7-14)28(2,24)25/h3-10,12H,11H2,1-2H3,(H,20,23)(H,21,22). The number of aromatic nitrogens is 1. The lowest BCUT2D eigenvalue weighted by Crippen LogP contribution is -2.23. The van der Waals surface area contributed by atoms with Crippen LogP contribution in [0.1, 0.15) is 16.1 Å². The van der Waals surface area contributed by atoms with Crippen molar-refractivity contribution in [2.24, 2.45) is 0 Å². The molecule has 0 aliphatic heterocycles. The molecule has 3 aromatic rings. The van der Waals surface area contributed by atoms with Crippen molar-refractivity contribution in [3.63, 3.8) is 0 Å². The van der Waals surface area contributed by atoms with Crippen molar-refractivity contribution in [1.82, 2.24) is 10.3 Å². The molecule has 0 radical (unpaired) electrons. The van der Waals surface area contributed by atoms with Gasteiger partial charge in [-0.25, -0.2) is 13.4 Å². The van der Waals surface area contributed by atoms with E-state index in [0.29, 0.717) is 23.1 Å². The number of hydrogen-bond acceptors (Lipinski definition) is 7. The number of thiazole rings is 1. The van der Waals surface area contributed by atoms with E-state index in [9.17, 15) is 13.2 Å². The number of benzene rings is 2. The first kappa shape index (κ1) is 19.8. The highest BCUT2D eigenvalue weighted by Gasteiger charge is 2.12. The molecule has 3 rings (SSSR count). The van der Waals surface area contributed by atoms with Crippen LogP contribution in [0.4, 0.5) is 10.8 Å². The van der Waals surface area contributed by atoms with Gasteiger partial charge in [0.25, 0.3) is 5.91 Å². The smallest absolute Gasteiger partial charge is 0.271 e. The normalized spacial score (nSPS) is 11.1. The molecule has 0 saturated heterocycles. The Kier molecular flexibility index (Phi) is 5.96. The second kappa shape index (κ2) is 8.41. The highest BCUT2D eigenvalue weighted by molar-refractivity contribution is 7.90. The third-order valence-corrected chi connectivity index (χ3v) is 5.74. The van der Waals surface area contributed by atoms with Crippen molar-refractivity contribution in [3.05, 3.63) is 65.2 Å². The van der Waals surface area contributed by atoms with Crippen LogP contribution in [0.2, 0.25) is 0 Å². The first-order valence-corrected chi connectivity index (χ1v) is 11.1. The quantitative estimate of drug-likeness (QED) is 0.613. The van der Waals surface area contributed by atoms with Crippen LogP contribution >= 0.6 is 11.3 Å². The summed E-state index contributed by atoms with van der Waals surface area (Å²) in [4.78, 5) is 16.8. The van der Waals surface area contributed by atoms with Gasteiger partial charge in [0.05, 0.1) is 12.0 Å². The van der Waals surface area contributed by atoms with E-state index >= 15 is 0 Å². The van der Waals surface area contributed by atoms with Gasteiger partial charge in [0.1, 0.15) is 11.4 Å². The Labute approximate surface area is 167 Å². The fourth-order valence-electron chi connectivity index (χ4n) is 2.40. The Balaban J connectivity index is 1.60. The molecule has 146 valence electrons. The van der Waals surface area contributed by atoms with Crippen LogP contribution in [0.3, 0.4) is 0 Å². The summed E-state index contributed by atoms with van der Waals surface area (Å²) < 4.78 is 28.2. The molecule has 0 spiro atoms. The van der Waals surface area contributed by atoms with Crippen molar-refractivity contribution in [2.45, 2.75) is 11.4 Å². The zero-order valence-corrected chi connectivity index (χ0v) is 16.9. The zero-order valence-electron chi connectivity index (χ0n) is 15.3. The van der Waals surface area contributed by atoms with Crippen molar-refractivity contribution in [1.29, 1.82) is 0 Å². The summed E-state index contributed by atoms with van der Waals surface area (Å²) in [6.45, 7) is 0.364. The summed E-state index contributed by atoms with van der Waals surface area (Å²) in [6.07, 6.45) is 1.16. The number of sulfone groups is 1. The number of anilines is 2. The molecule has 0 atom stereocenters. The van der Waals surface area contributed by atoms with E-state index in [1.807, 2.05) is 24.3 Å². The van der Waals surface area contributed by atoms with Gasteiger partial charge in [-0.15, -0.1) is 11.3 Å². The summed E-state index contributed by atoms with van der Waals surface area (Å²) in [6, 6.07) is 13.8. The number of methoxy groups -OCH3 is 1. The molecule has 0 saturated carbocycles. The number of carbonyl (C=O) groups is 1. The van der Waals surface area contributed by atoms with E-state index in [1.165, 1.54) is 23.5 Å². The monoisotopic (exact) mass is 417 g/mol. The minimum atomic E-state index is -3.23. The minimum Gasteiger partial charge on any atom is -0.497 e. The van der Waals surface area contributed by atoms with Gasteiger partial charge in [0.2, 0.25) is 0 Å². The van der Waals surface area contributed by atoms with Gasteiger partial charge in [-0.3, -0.25) is 4.79 Å². The Morgan fingerprint density at radius 1 is 1.18 bits per heavy atom. The van der Waals surface area contributed by atoms with Gasteiger partial charge in [-0.1, -0.05) is 12.1 Å². The van der Waals surface area contributed by atoms with E-state index in [2.05, 4.69) is 15.6 Å². The first-order chi connectivity index (χ1) is 13.3. The molecule has 0 bridgehead atoms. The molecule has 7 nitrogen and oxygen atoms in total. The number of hydrogen-bond donors (Lipinski definition) is 2. The van der Waals surface area contributed by atoms with E-state index < -0.39 is 9.84 Å². The molecule has 0 aliphatic rings. The summed E-state index contributed by atoms with van der Waals surface area (Å²) >= 11 is 1.29. The summed E-state index contributed by atoms with van der Waals surface area (Å²) in [7, 11) is -1.64. The molecule has 0 fully saturated rings. The summed E-state index contributed by atoms with van der Waals surface area (Å²) in [5.41, 5.74) is 1.92. The van der Waals surface area contributed by atoms with Crippen LogP contribution in [0, 0.1) is 0 Å². The van der Waals surface area contributed by atoms with Crippen LogP contribution < -0.4 is 15.4 Å². The second-order valence-corrected chi connectivity index (χ2v) is 8.87. The average molecular weight is 418 g/mol. The van der Waals surface area contributed by atoms with Crippen LogP contribution in [0.15, 0.2) is 58.8 Å². The predicted octanol–water partition coefficient (Wildman–Crippen LogP) is 3.23.